The number of carbonyl (C=O) groups is 1. The summed E-state index contributed by atoms with van der Waals surface area (Å²) in [6.07, 6.45) is 4.88. The van der Waals surface area contributed by atoms with Crippen molar-refractivity contribution in [2.75, 3.05) is 6.61 Å². The fraction of sp³-hybridized carbons (Fsp3) is 0.750. The van der Waals surface area contributed by atoms with Gasteiger partial charge >= 0.3 is 5.97 Å². The Morgan fingerprint density at radius 2 is 2.27 bits per heavy atom. The Hall–Kier alpha value is -0.830. The Bertz CT molecular complexity index is 217. The zero-order valence-electron chi connectivity index (χ0n) is 9.46. The van der Waals surface area contributed by atoms with Gasteiger partial charge in [-0.3, -0.25) is 4.79 Å². The van der Waals surface area contributed by atoms with E-state index in [0.29, 0.717) is 13.0 Å². The van der Waals surface area contributed by atoms with E-state index in [1.807, 2.05) is 6.92 Å². The van der Waals surface area contributed by atoms with Crippen LogP contribution in [0.2, 0.25) is 0 Å². The van der Waals surface area contributed by atoms with Crippen LogP contribution in [0.5, 0.6) is 0 Å². The van der Waals surface area contributed by atoms with Gasteiger partial charge in [0.1, 0.15) is 0 Å². The van der Waals surface area contributed by atoms with Crippen LogP contribution in [0.3, 0.4) is 0 Å². The fourth-order valence-corrected chi connectivity index (χ4v) is 1.54. The van der Waals surface area contributed by atoms with Crippen molar-refractivity contribution in [1.29, 1.82) is 0 Å². The molecule has 0 aromatic carbocycles. The van der Waals surface area contributed by atoms with Crippen molar-refractivity contribution >= 4 is 5.97 Å². The molecule has 0 radical (unpaired) electrons. The molecule has 15 heavy (non-hydrogen) atoms. The highest BCUT2D eigenvalue weighted by molar-refractivity contribution is 5.69. The molecule has 0 amide bonds. The van der Waals surface area contributed by atoms with Gasteiger partial charge in [0.25, 0.3) is 0 Å². The lowest BCUT2D eigenvalue weighted by Crippen LogP contribution is -2.25. The summed E-state index contributed by atoms with van der Waals surface area (Å²) in [5.41, 5.74) is 1.11. The lowest BCUT2D eigenvalue weighted by molar-refractivity contribution is -0.186. The average Bonchev–Trinajstić information content (AvgIpc) is 2.18. The van der Waals surface area contributed by atoms with E-state index in [1.165, 1.54) is 0 Å². The molecule has 1 aliphatic rings. The van der Waals surface area contributed by atoms with Crippen molar-refractivity contribution in [3.8, 4) is 0 Å². The molecule has 1 heterocycles. The summed E-state index contributed by atoms with van der Waals surface area (Å²) in [6, 6.07) is 0. The molecule has 1 unspecified atom stereocenters. The van der Waals surface area contributed by atoms with Gasteiger partial charge in [-0.05, 0) is 32.6 Å². The van der Waals surface area contributed by atoms with Crippen molar-refractivity contribution in [2.24, 2.45) is 0 Å². The third-order valence-electron chi connectivity index (χ3n) is 2.39. The summed E-state index contributed by atoms with van der Waals surface area (Å²) in [4.78, 5) is 11.4. The summed E-state index contributed by atoms with van der Waals surface area (Å²) in [6.45, 7) is 6.47. The summed E-state index contributed by atoms with van der Waals surface area (Å²) in [7, 11) is 0. The lowest BCUT2D eigenvalue weighted by atomic mass is 10.1. The van der Waals surface area contributed by atoms with Gasteiger partial charge in [-0.25, -0.2) is 0 Å². The third kappa shape index (κ3) is 5.57. The van der Waals surface area contributed by atoms with Crippen LogP contribution < -0.4 is 0 Å². The van der Waals surface area contributed by atoms with Gasteiger partial charge in [-0.15, -0.1) is 6.58 Å². The van der Waals surface area contributed by atoms with E-state index in [0.717, 1.165) is 37.7 Å². The molecule has 0 bridgehead atoms. The van der Waals surface area contributed by atoms with E-state index in [2.05, 4.69) is 6.58 Å². The van der Waals surface area contributed by atoms with Crippen LogP contribution in [-0.4, -0.2) is 18.9 Å². The van der Waals surface area contributed by atoms with Crippen LogP contribution in [0, 0.1) is 0 Å². The molecule has 1 rings (SSSR count). The molecule has 1 saturated heterocycles. The number of allylic oxidation sites excluding steroid dienone is 1. The maximum Gasteiger partial charge on any atom is 0.308 e. The highest BCUT2D eigenvalue weighted by Gasteiger charge is 2.17. The SMILES string of the molecule is C=C(C)CCCC(=O)OC1CCCCO1. The standard InChI is InChI=1S/C12H20O3/c1-10(2)6-5-7-11(13)15-12-8-3-4-9-14-12/h12H,1,3-9H2,2H3. The summed E-state index contributed by atoms with van der Waals surface area (Å²) >= 11 is 0. The predicted molar refractivity (Wildman–Crippen MR) is 58.3 cm³/mol. The Morgan fingerprint density at radius 1 is 1.47 bits per heavy atom. The number of hydrogen-bond donors (Lipinski definition) is 0. The first-order valence-electron chi connectivity index (χ1n) is 5.64. The average molecular weight is 212 g/mol. The topological polar surface area (TPSA) is 35.5 Å². The Balaban J connectivity index is 2.09. The number of carbonyl (C=O) groups excluding carboxylic acids is 1. The van der Waals surface area contributed by atoms with E-state index >= 15 is 0 Å². The second kappa shape index (κ2) is 6.62. The van der Waals surface area contributed by atoms with Crippen molar-refractivity contribution in [1.82, 2.24) is 0 Å². The molecule has 0 aliphatic carbocycles. The van der Waals surface area contributed by atoms with Crippen LogP contribution in [0.25, 0.3) is 0 Å². The summed E-state index contributed by atoms with van der Waals surface area (Å²) < 4.78 is 10.5. The minimum Gasteiger partial charge on any atom is -0.436 e. The van der Waals surface area contributed by atoms with Gasteiger partial charge in [0.15, 0.2) is 0 Å². The smallest absolute Gasteiger partial charge is 0.308 e. The lowest BCUT2D eigenvalue weighted by Gasteiger charge is -2.22. The van der Waals surface area contributed by atoms with Crippen LogP contribution in [-0.2, 0) is 14.3 Å². The van der Waals surface area contributed by atoms with E-state index in [9.17, 15) is 4.79 Å². The molecule has 3 nitrogen and oxygen atoms in total. The van der Waals surface area contributed by atoms with E-state index in [-0.39, 0.29) is 12.3 Å². The zero-order valence-corrected chi connectivity index (χ0v) is 9.46. The summed E-state index contributed by atoms with van der Waals surface area (Å²) in [5, 5.41) is 0. The molecular weight excluding hydrogens is 192 g/mol. The van der Waals surface area contributed by atoms with E-state index in [1.54, 1.807) is 0 Å². The highest BCUT2D eigenvalue weighted by Crippen LogP contribution is 2.15. The van der Waals surface area contributed by atoms with E-state index < -0.39 is 0 Å². The Kier molecular flexibility index (Phi) is 5.40. The van der Waals surface area contributed by atoms with Gasteiger partial charge in [0, 0.05) is 12.8 Å². The highest BCUT2D eigenvalue weighted by atomic mass is 16.7. The molecule has 0 saturated carbocycles. The minimum atomic E-state index is -0.295. The van der Waals surface area contributed by atoms with Gasteiger partial charge in [-0.2, -0.15) is 0 Å². The number of rotatable bonds is 5. The first-order chi connectivity index (χ1) is 7.18. The molecule has 1 aliphatic heterocycles. The monoisotopic (exact) mass is 212 g/mol. The van der Waals surface area contributed by atoms with Crippen LogP contribution in [0.4, 0.5) is 0 Å². The fourth-order valence-electron chi connectivity index (χ4n) is 1.54. The van der Waals surface area contributed by atoms with Crippen LogP contribution >= 0.6 is 0 Å². The number of esters is 1. The first-order valence-corrected chi connectivity index (χ1v) is 5.64. The second-order valence-electron chi connectivity index (χ2n) is 4.10. The number of hydrogen-bond acceptors (Lipinski definition) is 3. The molecule has 3 heteroatoms. The second-order valence-corrected chi connectivity index (χ2v) is 4.10. The van der Waals surface area contributed by atoms with Gasteiger partial charge in [-0.1, -0.05) is 5.57 Å². The van der Waals surface area contributed by atoms with Crippen molar-refractivity contribution in [3.05, 3.63) is 12.2 Å². The molecule has 0 N–H and O–H groups in total. The quantitative estimate of drug-likeness (QED) is 0.519. The van der Waals surface area contributed by atoms with Crippen LogP contribution in [0.15, 0.2) is 12.2 Å². The van der Waals surface area contributed by atoms with Crippen molar-refractivity contribution in [3.63, 3.8) is 0 Å². The van der Waals surface area contributed by atoms with Gasteiger partial charge in [0.05, 0.1) is 6.61 Å². The Morgan fingerprint density at radius 3 is 2.87 bits per heavy atom. The predicted octanol–water partition coefficient (Wildman–Crippen LogP) is 2.80. The molecule has 86 valence electrons. The summed E-state index contributed by atoms with van der Waals surface area (Å²) in [5.74, 6) is -0.150. The van der Waals surface area contributed by atoms with Crippen LogP contribution in [0.1, 0.15) is 45.4 Å². The Labute approximate surface area is 91.4 Å². The van der Waals surface area contributed by atoms with E-state index in [4.69, 9.17) is 9.47 Å². The molecular formula is C12H20O3. The maximum absolute atomic E-state index is 11.4. The maximum atomic E-state index is 11.4. The molecule has 1 fully saturated rings. The van der Waals surface area contributed by atoms with Crippen molar-refractivity contribution in [2.45, 2.75) is 51.7 Å². The van der Waals surface area contributed by atoms with Gasteiger partial charge < -0.3 is 9.47 Å². The normalized spacial score (nSPS) is 21.0. The van der Waals surface area contributed by atoms with Gasteiger partial charge in [0.2, 0.25) is 6.29 Å². The first kappa shape index (κ1) is 12.2. The zero-order chi connectivity index (χ0) is 11.1. The molecule has 0 aromatic rings. The minimum absolute atomic E-state index is 0.150. The molecule has 1 atom stereocenters. The molecule has 0 aromatic heterocycles. The largest absolute Gasteiger partial charge is 0.436 e. The molecule has 0 spiro atoms. The number of ether oxygens (including phenoxy) is 2. The third-order valence-corrected chi connectivity index (χ3v) is 2.39. The van der Waals surface area contributed by atoms with Crippen molar-refractivity contribution < 1.29 is 14.3 Å².